The minimum atomic E-state index is -3.19. The standard InChI is InChI=1S/C18H23N3O3S2/c1-25-13-9-17(20-10-2-3-11-20)18(22)19-15-5-7-16(8-6-15)21-12-4-14-26(21,23)24/h2-3,5-8,10-11,17H,4,9,12-14H2,1H3,(H,19,22)/t17-/m1/s1. The molecule has 0 bridgehead atoms. The number of carbonyl (C=O) groups excluding carboxylic acids is 1. The Morgan fingerprint density at radius 3 is 2.50 bits per heavy atom. The van der Waals surface area contributed by atoms with Crippen molar-refractivity contribution in [3.05, 3.63) is 48.8 Å². The molecule has 0 unspecified atom stereocenters. The smallest absolute Gasteiger partial charge is 0.247 e. The van der Waals surface area contributed by atoms with Gasteiger partial charge in [0, 0.05) is 24.6 Å². The number of sulfonamides is 1. The number of carbonyl (C=O) groups is 1. The van der Waals surface area contributed by atoms with Crippen LogP contribution in [0.3, 0.4) is 0 Å². The average molecular weight is 394 g/mol. The molecule has 1 fully saturated rings. The number of thioether (sulfide) groups is 1. The van der Waals surface area contributed by atoms with Gasteiger partial charge in [-0.15, -0.1) is 0 Å². The molecule has 140 valence electrons. The van der Waals surface area contributed by atoms with Crippen LogP contribution in [0.15, 0.2) is 48.8 Å². The zero-order valence-electron chi connectivity index (χ0n) is 14.7. The molecule has 0 saturated carbocycles. The Balaban J connectivity index is 1.70. The summed E-state index contributed by atoms with van der Waals surface area (Å²) in [6, 6.07) is 10.5. The summed E-state index contributed by atoms with van der Waals surface area (Å²) < 4.78 is 27.3. The highest BCUT2D eigenvalue weighted by molar-refractivity contribution is 7.98. The summed E-state index contributed by atoms with van der Waals surface area (Å²) in [5, 5.41) is 2.94. The van der Waals surface area contributed by atoms with Crippen LogP contribution < -0.4 is 9.62 Å². The van der Waals surface area contributed by atoms with Crippen LogP contribution in [0.25, 0.3) is 0 Å². The topological polar surface area (TPSA) is 71.4 Å². The molecule has 1 amide bonds. The zero-order valence-corrected chi connectivity index (χ0v) is 16.3. The van der Waals surface area contributed by atoms with Crippen LogP contribution in [0.1, 0.15) is 18.9 Å². The Hall–Kier alpha value is -1.93. The average Bonchev–Trinajstić information content (AvgIpc) is 3.25. The third-order valence-electron chi connectivity index (χ3n) is 4.41. The Morgan fingerprint density at radius 1 is 1.23 bits per heavy atom. The van der Waals surface area contributed by atoms with Crippen LogP contribution in [-0.2, 0) is 14.8 Å². The lowest BCUT2D eigenvalue weighted by atomic mass is 10.2. The van der Waals surface area contributed by atoms with Crippen molar-refractivity contribution in [2.45, 2.75) is 18.9 Å². The molecule has 0 aliphatic carbocycles. The van der Waals surface area contributed by atoms with Crippen LogP contribution in [0.5, 0.6) is 0 Å². The number of anilines is 2. The first-order valence-electron chi connectivity index (χ1n) is 8.54. The van der Waals surface area contributed by atoms with Gasteiger partial charge in [-0.3, -0.25) is 9.10 Å². The van der Waals surface area contributed by atoms with E-state index in [0.717, 1.165) is 12.2 Å². The van der Waals surface area contributed by atoms with E-state index >= 15 is 0 Å². The van der Waals surface area contributed by atoms with Crippen LogP contribution in [0.4, 0.5) is 11.4 Å². The molecule has 8 heteroatoms. The van der Waals surface area contributed by atoms with Crippen LogP contribution in [0, 0.1) is 0 Å². The normalized spacial score (nSPS) is 17.2. The SMILES string of the molecule is CSCC[C@H](C(=O)Nc1ccc(N2CCCS2(=O)=O)cc1)n1cccc1. The summed E-state index contributed by atoms with van der Waals surface area (Å²) in [7, 11) is -3.19. The van der Waals surface area contributed by atoms with Crippen molar-refractivity contribution in [2.24, 2.45) is 0 Å². The van der Waals surface area contributed by atoms with Gasteiger partial charge < -0.3 is 9.88 Å². The molecular formula is C18H23N3O3S2. The largest absolute Gasteiger partial charge is 0.342 e. The lowest BCUT2D eigenvalue weighted by Gasteiger charge is -2.19. The molecular weight excluding hydrogens is 370 g/mol. The van der Waals surface area contributed by atoms with E-state index in [0.29, 0.717) is 24.3 Å². The van der Waals surface area contributed by atoms with Gasteiger partial charge in [0.25, 0.3) is 0 Å². The number of hydrogen-bond acceptors (Lipinski definition) is 4. The van der Waals surface area contributed by atoms with Crippen LogP contribution in [-0.4, -0.2) is 43.2 Å². The number of benzene rings is 1. The Morgan fingerprint density at radius 2 is 1.92 bits per heavy atom. The molecule has 26 heavy (non-hydrogen) atoms. The third kappa shape index (κ3) is 4.24. The summed E-state index contributed by atoms with van der Waals surface area (Å²) in [6.45, 7) is 0.512. The predicted molar refractivity (Wildman–Crippen MR) is 107 cm³/mol. The van der Waals surface area contributed by atoms with E-state index in [9.17, 15) is 13.2 Å². The molecule has 1 saturated heterocycles. The fraction of sp³-hybridized carbons (Fsp3) is 0.389. The van der Waals surface area contributed by atoms with E-state index in [1.165, 1.54) is 4.31 Å². The second-order valence-corrected chi connectivity index (χ2v) is 9.20. The highest BCUT2D eigenvalue weighted by Gasteiger charge is 2.28. The van der Waals surface area contributed by atoms with Gasteiger partial charge in [0.05, 0.1) is 11.4 Å². The second kappa shape index (κ2) is 8.18. The van der Waals surface area contributed by atoms with E-state index in [1.54, 1.807) is 36.0 Å². The number of hydrogen-bond donors (Lipinski definition) is 1. The number of rotatable bonds is 7. The Kier molecular flexibility index (Phi) is 5.93. The van der Waals surface area contributed by atoms with E-state index in [4.69, 9.17) is 0 Å². The number of aromatic nitrogens is 1. The minimum Gasteiger partial charge on any atom is -0.342 e. The lowest BCUT2D eigenvalue weighted by Crippen LogP contribution is -2.26. The molecule has 1 N–H and O–H groups in total. The van der Waals surface area contributed by atoms with Crippen molar-refractivity contribution in [2.75, 3.05) is 33.9 Å². The minimum absolute atomic E-state index is 0.0724. The van der Waals surface area contributed by atoms with Gasteiger partial charge in [-0.1, -0.05) is 0 Å². The molecule has 0 spiro atoms. The van der Waals surface area contributed by atoms with E-state index in [2.05, 4.69) is 5.32 Å². The number of nitrogens with one attached hydrogen (secondary N) is 1. The summed E-state index contributed by atoms with van der Waals surface area (Å²) in [5.41, 5.74) is 1.31. The fourth-order valence-electron chi connectivity index (χ4n) is 3.07. The summed E-state index contributed by atoms with van der Waals surface area (Å²) in [4.78, 5) is 12.7. The van der Waals surface area contributed by atoms with Crippen molar-refractivity contribution in [1.82, 2.24) is 4.57 Å². The van der Waals surface area contributed by atoms with E-state index in [1.807, 2.05) is 35.3 Å². The highest BCUT2D eigenvalue weighted by atomic mass is 32.2. The monoisotopic (exact) mass is 393 g/mol. The van der Waals surface area contributed by atoms with Gasteiger partial charge in [0.2, 0.25) is 15.9 Å². The second-order valence-electron chi connectivity index (χ2n) is 6.21. The van der Waals surface area contributed by atoms with Crippen LogP contribution in [0.2, 0.25) is 0 Å². The first-order valence-corrected chi connectivity index (χ1v) is 11.5. The molecule has 0 radical (unpaired) electrons. The first-order chi connectivity index (χ1) is 12.5. The van der Waals surface area contributed by atoms with Gasteiger partial charge in [-0.05, 0) is 61.2 Å². The fourth-order valence-corrected chi connectivity index (χ4v) is 5.09. The maximum atomic E-state index is 12.7. The van der Waals surface area contributed by atoms with Gasteiger partial charge in [0.15, 0.2) is 0 Å². The van der Waals surface area contributed by atoms with Crippen molar-refractivity contribution in [3.8, 4) is 0 Å². The van der Waals surface area contributed by atoms with E-state index in [-0.39, 0.29) is 17.7 Å². The molecule has 2 heterocycles. The van der Waals surface area contributed by atoms with Gasteiger partial charge >= 0.3 is 0 Å². The summed E-state index contributed by atoms with van der Waals surface area (Å²) in [5.74, 6) is 1.01. The molecule has 6 nitrogen and oxygen atoms in total. The quantitative estimate of drug-likeness (QED) is 0.785. The summed E-state index contributed by atoms with van der Waals surface area (Å²) >= 11 is 1.71. The maximum absolute atomic E-state index is 12.7. The van der Waals surface area contributed by atoms with Gasteiger partial charge in [-0.25, -0.2) is 8.42 Å². The van der Waals surface area contributed by atoms with E-state index < -0.39 is 10.0 Å². The molecule has 2 aromatic rings. The zero-order chi connectivity index (χ0) is 18.6. The maximum Gasteiger partial charge on any atom is 0.247 e. The number of nitrogens with zero attached hydrogens (tertiary/aromatic N) is 2. The molecule has 3 rings (SSSR count). The molecule has 1 aromatic carbocycles. The lowest BCUT2D eigenvalue weighted by molar-refractivity contribution is -0.119. The molecule has 1 atom stereocenters. The predicted octanol–water partition coefficient (Wildman–Crippen LogP) is 2.96. The molecule has 1 aromatic heterocycles. The Bertz CT molecular complexity index is 833. The first kappa shape index (κ1) is 18.8. The molecule has 1 aliphatic rings. The highest BCUT2D eigenvalue weighted by Crippen LogP contribution is 2.26. The van der Waals surface area contributed by atoms with Gasteiger partial charge in [0.1, 0.15) is 6.04 Å². The Labute approximate surface area is 158 Å². The number of amides is 1. The molecule has 1 aliphatic heterocycles. The third-order valence-corrected chi connectivity index (χ3v) is 6.92. The van der Waals surface area contributed by atoms with Crippen molar-refractivity contribution >= 4 is 39.1 Å². The van der Waals surface area contributed by atoms with Crippen molar-refractivity contribution < 1.29 is 13.2 Å². The van der Waals surface area contributed by atoms with Gasteiger partial charge in [-0.2, -0.15) is 11.8 Å². The van der Waals surface area contributed by atoms with Crippen molar-refractivity contribution in [1.29, 1.82) is 0 Å². The van der Waals surface area contributed by atoms with Crippen molar-refractivity contribution in [3.63, 3.8) is 0 Å². The summed E-state index contributed by atoms with van der Waals surface area (Å²) in [6.07, 6.45) is 7.20. The van der Waals surface area contributed by atoms with Crippen LogP contribution >= 0.6 is 11.8 Å².